The van der Waals surface area contributed by atoms with Gasteiger partial charge in [-0.3, -0.25) is 9.69 Å². The molecule has 5 nitrogen and oxygen atoms in total. The van der Waals surface area contributed by atoms with Crippen LogP contribution in [0.15, 0.2) is 6.20 Å². The molecule has 2 fully saturated rings. The number of likely N-dealkylation sites (tertiary alicyclic amines) is 1. The molecule has 5 heteroatoms. The Kier molecular flexibility index (Phi) is 4.53. The fraction of sp³-hybridized carbons (Fsp3) is 0.737. The van der Waals surface area contributed by atoms with Crippen molar-refractivity contribution in [2.75, 3.05) is 20.1 Å². The van der Waals surface area contributed by atoms with Crippen LogP contribution in [0, 0.1) is 5.92 Å². The quantitative estimate of drug-likeness (QED) is 0.837. The first-order valence-electron chi connectivity index (χ1n) is 9.56. The Balaban J connectivity index is 1.46. The van der Waals surface area contributed by atoms with Crippen molar-refractivity contribution < 1.29 is 4.79 Å². The van der Waals surface area contributed by atoms with Crippen molar-refractivity contribution in [3.63, 3.8) is 0 Å². The molecule has 3 aliphatic rings. The number of carbonyl (C=O) groups excluding carboxylic acids is 1. The fourth-order valence-electron chi connectivity index (χ4n) is 4.52. The number of hydrogen-bond acceptors (Lipinski definition) is 4. The Labute approximate surface area is 144 Å². The summed E-state index contributed by atoms with van der Waals surface area (Å²) in [6.07, 6.45) is 11.1. The Morgan fingerprint density at radius 3 is 2.71 bits per heavy atom. The number of nitrogens with zero attached hydrogens (tertiary/aromatic N) is 4. The van der Waals surface area contributed by atoms with Gasteiger partial charge in [-0.05, 0) is 39.3 Å². The molecule has 0 radical (unpaired) electrons. The molecule has 0 spiro atoms. The Hall–Kier alpha value is -1.49. The van der Waals surface area contributed by atoms with Crippen molar-refractivity contribution in [1.82, 2.24) is 19.8 Å². The topological polar surface area (TPSA) is 49.3 Å². The van der Waals surface area contributed by atoms with Crippen molar-refractivity contribution in [3.8, 4) is 0 Å². The van der Waals surface area contributed by atoms with E-state index >= 15 is 0 Å². The second kappa shape index (κ2) is 6.79. The van der Waals surface area contributed by atoms with Crippen molar-refractivity contribution in [2.24, 2.45) is 5.92 Å². The average Bonchev–Trinajstić information content (AvgIpc) is 3.07. The molecular formula is C19H28N4O. The van der Waals surface area contributed by atoms with Crippen LogP contribution in [0.3, 0.4) is 0 Å². The molecule has 1 aliphatic carbocycles. The van der Waals surface area contributed by atoms with E-state index in [4.69, 9.17) is 4.98 Å². The maximum atomic E-state index is 12.8. The van der Waals surface area contributed by atoms with Crippen molar-refractivity contribution in [1.29, 1.82) is 0 Å². The zero-order valence-corrected chi connectivity index (χ0v) is 14.7. The highest BCUT2D eigenvalue weighted by atomic mass is 16.2. The van der Waals surface area contributed by atoms with E-state index in [0.717, 1.165) is 55.9 Å². The number of amides is 1. The van der Waals surface area contributed by atoms with Crippen LogP contribution in [0.5, 0.6) is 0 Å². The maximum Gasteiger partial charge on any atom is 0.225 e. The van der Waals surface area contributed by atoms with Crippen LogP contribution < -0.4 is 0 Å². The van der Waals surface area contributed by atoms with Gasteiger partial charge in [-0.1, -0.05) is 19.3 Å². The molecule has 0 bridgehead atoms. The van der Waals surface area contributed by atoms with Crippen LogP contribution in [0.4, 0.5) is 0 Å². The monoisotopic (exact) mass is 328 g/mol. The van der Waals surface area contributed by atoms with Gasteiger partial charge in [0.1, 0.15) is 5.82 Å². The Morgan fingerprint density at radius 1 is 1.12 bits per heavy atom. The molecule has 1 atom stereocenters. The van der Waals surface area contributed by atoms with Gasteiger partial charge in [0.25, 0.3) is 0 Å². The second-order valence-electron chi connectivity index (χ2n) is 7.68. The predicted molar refractivity (Wildman–Crippen MR) is 92.3 cm³/mol. The van der Waals surface area contributed by atoms with Crippen LogP contribution in [0.25, 0.3) is 0 Å². The molecule has 1 saturated carbocycles. The molecular weight excluding hydrogens is 300 g/mol. The van der Waals surface area contributed by atoms with E-state index in [9.17, 15) is 4.79 Å². The molecule has 130 valence electrons. The molecule has 2 aliphatic heterocycles. The first-order chi connectivity index (χ1) is 11.7. The molecule has 24 heavy (non-hydrogen) atoms. The van der Waals surface area contributed by atoms with E-state index in [-0.39, 0.29) is 5.92 Å². The predicted octanol–water partition coefficient (Wildman–Crippen LogP) is 2.71. The van der Waals surface area contributed by atoms with Gasteiger partial charge >= 0.3 is 0 Å². The standard InChI is InChI=1S/C19H28N4O/c1-22-10-5-8-17(22)18-20-12-15-13-23(11-9-16(15)21-18)19(24)14-6-3-2-4-7-14/h12,14,17H,2-11,13H2,1H3. The fourth-order valence-corrected chi connectivity index (χ4v) is 4.52. The average molecular weight is 328 g/mol. The zero-order valence-electron chi connectivity index (χ0n) is 14.7. The number of rotatable bonds is 2. The van der Waals surface area contributed by atoms with Gasteiger partial charge in [-0.25, -0.2) is 9.97 Å². The third-order valence-corrected chi connectivity index (χ3v) is 6.04. The van der Waals surface area contributed by atoms with Gasteiger partial charge in [0, 0.05) is 37.2 Å². The highest BCUT2D eigenvalue weighted by Crippen LogP contribution is 2.30. The summed E-state index contributed by atoms with van der Waals surface area (Å²) in [5.74, 6) is 1.59. The summed E-state index contributed by atoms with van der Waals surface area (Å²) in [6, 6.07) is 0.372. The molecule has 1 aromatic heterocycles. The number of fused-ring (bicyclic) bond motifs is 1. The molecule has 1 aromatic rings. The van der Waals surface area contributed by atoms with Gasteiger partial charge in [0.15, 0.2) is 0 Å². The van der Waals surface area contributed by atoms with Gasteiger partial charge in [0.2, 0.25) is 5.91 Å². The van der Waals surface area contributed by atoms with E-state index < -0.39 is 0 Å². The summed E-state index contributed by atoms with van der Waals surface area (Å²) in [6.45, 7) is 2.65. The molecule has 0 aromatic carbocycles. The molecule has 1 amide bonds. The van der Waals surface area contributed by atoms with E-state index in [1.807, 2.05) is 11.1 Å². The van der Waals surface area contributed by atoms with Crippen molar-refractivity contribution in [2.45, 2.75) is 64.0 Å². The second-order valence-corrected chi connectivity index (χ2v) is 7.68. The van der Waals surface area contributed by atoms with Crippen LogP contribution in [-0.4, -0.2) is 45.8 Å². The summed E-state index contributed by atoms with van der Waals surface area (Å²) in [4.78, 5) is 26.7. The zero-order chi connectivity index (χ0) is 16.5. The minimum atomic E-state index is 0.257. The first-order valence-corrected chi connectivity index (χ1v) is 9.56. The summed E-state index contributed by atoms with van der Waals surface area (Å²) in [7, 11) is 2.16. The molecule has 0 N–H and O–H groups in total. The highest BCUT2D eigenvalue weighted by Gasteiger charge is 2.30. The largest absolute Gasteiger partial charge is 0.338 e. The minimum Gasteiger partial charge on any atom is -0.338 e. The molecule has 1 saturated heterocycles. The lowest BCUT2D eigenvalue weighted by Crippen LogP contribution is -2.40. The number of aromatic nitrogens is 2. The van der Waals surface area contributed by atoms with Gasteiger partial charge in [-0.15, -0.1) is 0 Å². The molecule has 4 rings (SSSR count). The highest BCUT2D eigenvalue weighted by molar-refractivity contribution is 5.79. The molecule has 1 unspecified atom stereocenters. The van der Waals surface area contributed by atoms with Crippen molar-refractivity contribution >= 4 is 5.91 Å². The summed E-state index contributed by atoms with van der Waals surface area (Å²) < 4.78 is 0. The molecule has 3 heterocycles. The van der Waals surface area contributed by atoms with E-state index in [2.05, 4.69) is 16.9 Å². The third-order valence-electron chi connectivity index (χ3n) is 6.04. The van der Waals surface area contributed by atoms with Crippen molar-refractivity contribution in [3.05, 3.63) is 23.3 Å². The summed E-state index contributed by atoms with van der Waals surface area (Å²) in [5, 5.41) is 0. The van der Waals surface area contributed by atoms with Crippen LogP contribution >= 0.6 is 0 Å². The first kappa shape index (κ1) is 16.0. The minimum absolute atomic E-state index is 0.257. The van der Waals surface area contributed by atoms with Gasteiger partial charge < -0.3 is 4.90 Å². The summed E-state index contributed by atoms with van der Waals surface area (Å²) >= 11 is 0. The van der Waals surface area contributed by atoms with Crippen LogP contribution in [0.2, 0.25) is 0 Å². The normalized spacial score (nSPS) is 25.7. The van der Waals surface area contributed by atoms with E-state index in [1.54, 1.807) is 0 Å². The van der Waals surface area contributed by atoms with E-state index in [0.29, 0.717) is 18.5 Å². The third kappa shape index (κ3) is 3.06. The number of carbonyl (C=O) groups is 1. The Bertz CT molecular complexity index is 611. The number of hydrogen-bond donors (Lipinski definition) is 0. The lowest BCUT2D eigenvalue weighted by molar-refractivity contribution is -0.137. The Morgan fingerprint density at radius 2 is 1.96 bits per heavy atom. The van der Waals surface area contributed by atoms with Gasteiger partial charge in [-0.2, -0.15) is 0 Å². The van der Waals surface area contributed by atoms with Gasteiger partial charge in [0.05, 0.1) is 11.7 Å². The SMILES string of the molecule is CN1CCCC1c1ncc2c(n1)CCN(C(=O)C1CCCCC1)C2. The lowest BCUT2D eigenvalue weighted by atomic mass is 9.88. The summed E-state index contributed by atoms with van der Waals surface area (Å²) in [5.41, 5.74) is 2.31. The van der Waals surface area contributed by atoms with Crippen LogP contribution in [-0.2, 0) is 17.8 Å². The van der Waals surface area contributed by atoms with E-state index in [1.165, 1.54) is 25.7 Å². The smallest absolute Gasteiger partial charge is 0.225 e. The lowest BCUT2D eigenvalue weighted by Gasteiger charge is -2.33. The van der Waals surface area contributed by atoms with Crippen LogP contribution in [0.1, 0.15) is 68.1 Å². The maximum absolute atomic E-state index is 12.8.